The zero-order valence-corrected chi connectivity index (χ0v) is 17.9. The molecule has 6 nitrogen and oxygen atoms in total. The molecule has 0 radical (unpaired) electrons. The average Bonchev–Trinajstić information content (AvgIpc) is 3.29. The summed E-state index contributed by atoms with van der Waals surface area (Å²) in [6.07, 6.45) is 0.765. The third-order valence-electron chi connectivity index (χ3n) is 5.14. The third kappa shape index (κ3) is 3.68. The summed E-state index contributed by atoms with van der Waals surface area (Å²) in [7, 11) is 3.31. The largest absolute Gasteiger partial charge is 0.497 e. The van der Waals surface area contributed by atoms with Crippen molar-refractivity contribution in [2.75, 3.05) is 27.4 Å². The maximum atomic E-state index is 13.2. The Labute approximate surface area is 178 Å². The maximum Gasteiger partial charge on any atom is 0.273 e. The van der Waals surface area contributed by atoms with E-state index in [1.54, 1.807) is 14.2 Å². The molecule has 1 aliphatic rings. The molecule has 2 aromatic carbocycles. The Hall–Kier alpha value is -2.64. The van der Waals surface area contributed by atoms with E-state index in [0.29, 0.717) is 18.8 Å². The van der Waals surface area contributed by atoms with Crippen molar-refractivity contribution in [3.05, 3.63) is 69.8 Å². The second-order valence-corrected chi connectivity index (χ2v) is 7.81. The average molecular weight is 456 g/mol. The highest BCUT2D eigenvalue weighted by Crippen LogP contribution is 2.43. The Bertz CT molecular complexity index is 1020. The number of aromatic amines is 1. The number of carbonyl (C=O) groups excluding carboxylic acids is 1. The minimum absolute atomic E-state index is 0.0364. The summed E-state index contributed by atoms with van der Waals surface area (Å²) in [5, 5.41) is 7.48. The zero-order valence-electron chi connectivity index (χ0n) is 16.3. The van der Waals surface area contributed by atoms with Crippen LogP contribution in [0.5, 0.6) is 5.75 Å². The molecule has 4 rings (SSSR count). The van der Waals surface area contributed by atoms with E-state index in [2.05, 4.69) is 26.1 Å². The van der Waals surface area contributed by atoms with E-state index < -0.39 is 0 Å². The maximum absolute atomic E-state index is 13.2. The quantitative estimate of drug-likeness (QED) is 0.535. The number of aromatic nitrogens is 2. The van der Waals surface area contributed by atoms with Gasteiger partial charge in [0.25, 0.3) is 5.91 Å². The number of benzene rings is 2. The number of H-pyrrole nitrogens is 1. The van der Waals surface area contributed by atoms with Crippen LogP contribution in [-0.2, 0) is 4.74 Å². The van der Waals surface area contributed by atoms with Crippen molar-refractivity contribution in [3.8, 4) is 17.0 Å². The fourth-order valence-corrected chi connectivity index (χ4v) is 4.05. The number of amides is 1. The molecule has 29 heavy (non-hydrogen) atoms. The summed E-state index contributed by atoms with van der Waals surface area (Å²) in [6.45, 7) is 1.21. The Morgan fingerprint density at radius 1 is 1.17 bits per heavy atom. The second-order valence-electron chi connectivity index (χ2n) is 6.89. The number of nitrogens with zero attached hydrogens (tertiary/aromatic N) is 2. The molecule has 2 heterocycles. The van der Waals surface area contributed by atoms with Gasteiger partial charge in [0.2, 0.25) is 0 Å². The second kappa shape index (κ2) is 8.39. The number of hydrogen-bond acceptors (Lipinski definition) is 4. The first-order valence-corrected chi connectivity index (χ1v) is 10.2. The molecule has 1 atom stereocenters. The highest BCUT2D eigenvalue weighted by atomic mass is 79.9. The van der Waals surface area contributed by atoms with Gasteiger partial charge in [0.05, 0.1) is 18.8 Å². The summed E-state index contributed by atoms with van der Waals surface area (Å²) >= 11 is 3.49. The van der Waals surface area contributed by atoms with Crippen LogP contribution >= 0.6 is 15.9 Å². The molecule has 0 spiro atoms. The lowest BCUT2D eigenvalue weighted by Gasteiger charge is -2.26. The topological polar surface area (TPSA) is 67.5 Å². The van der Waals surface area contributed by atoms with Crippen LogP contribution in [0.25, 0.3) is 11.3 Å². The predicted octanol–water partition coefficient (Wildman–Crippen LogP) is 4.43. The summed E-state index contributed by atoms with van der Waals surface area (Å²) < 4.78 is 11.6. The highest BCUT2D eigenvalue weighted by Gasteiger charge is 2.41. The highest BCUT2D eigenvalue weighted by molar-refractivity contribution is 9.10. The Kier molecular flexibility index (Phi) is 5.69. The van der Waals surface area contributed by atoms with Crippen molar-refractivity contribution >= 4 is 21.8 Å². The monoisotopic (exact) mass is 455 g/mol. The van der Waals surface area contributed by atoms with Gasteiger partial charge in [-0.3, -0.25) is 9.89 Å². The first kappa shape index (κ1) is 19.7. The van der Waals surface area contributed by atoms with Gasteiger partial charge in [0, 0.05) is 35.9 Å². The summed E-state index contributed by atoms with van der Waals surface area (Å²) in [4.78, 5) is 15.1. The minimum Gasteiger partial charge on any atom is -0.497 e. The van der Waals surface area contributed by atoms with Crippen molar-refractivity contribution in [2.45, 2.75) is 12.5 Å². The number of methoxy groups -OCH3 is 2. The van der Waals surface area contributed by atoms with Crippen molar-refractivity contribution in [1.82, 2.24) is 15.1 Å². The molecule has 1 amide bonds. The number of carbonyl (C=O) groups is 1. The predicted molar refractivity (Wildman–Crippen MR) is 114 cm³/mol. The number of fused-ring (bicyclic) bond motifs is 1. The lowest BCUT2D eigenvalue weighted by atomic mass is 9.96. The molecule has 1 unspecified atom stereocenters. The number of halogens is 1. The summed E-state index contributed by atoms with van der Waals surface area (Å²) in [5.41, 5.74) is 4.18. The van der Waals surface area contributed by atoms with Gasteiger partial charge in [-0.25, -0.2) is 0 Å². The number of ether oxygens (including phenoxy) is 2. The Morgan fingerprint density at radius 3 is 2.69 bits per heavy atom. The zero-order chi connectivity index (χ0) is 20.4. The summed E-state index contributed by atoms with van der Waals surface area (Å²) in [5.74, 6) is 0.714. The standard InChI is InChI=1S/C22H22BrN3O3/c1-28-12-4-11-26-21(14-7-9-16(23)10-8-14)18-19(24-25-20(18)22(26)27)15-5-3-6-17(13-15)29-2/h3,5-10,13,21H,4,11-12H2,1-2H3,(H,24,25). The number of hydrogen-bond donors (Lipinski definition) is 1. The molecule has 7 heteroatoms. The number of rotatable bonds is 7. The SMILES string of the molecule is COCCCN1C(=O)c2[nH]nc(-c3cccc(OC)c3)c2C1c1ccc(Br)cc1. The van der Waals surface area contributed by atoms with E-state index in [1.807, 2.05) is 53.4 Å². The van der Waals surface area contributed by atoms with Crippen LogP contribution in [0.4, 0.5) is 0 Å². The lowest BCUT2D eigenvalue weighted by molar-refractivity contribution is 0.0723. The number of nitrogens with one attached hydrogen (secondary N) is 1. The van der Waals surface area contributed by atoms with E-state index in [-0.39, 0.29) is 11.9 Å². The molecule has 1 aromatic heterocycles. The molecular formula is C22H22BrN3O3. The minimum atomic E-state index is -0.206. The van der Waals surface area contributed by atoms with Crippen molar-refractivity contribution in [2.24, 2.45) is 0 Å². The van der Waals surface area contributed by atoms with Crippen LogP contribution in [0.15, 0.2) is 53.0 Å². The van der Waals surface area contributed by atoms with Gasteiger partial charge in [-0.05, 0) is 36.2 Å². The molecule has 0 bridgehead atoms. The van der Waals surface area contributed by atoms with Crippen LogP contribution in [0, 0.1) is 0 Å². The Morgan fingerprint density at radius 2 is 1.97 bits per heavy atom. The van der Waals surface area contributed by atoms with E-state index in [9.17, 15) is 4.79 Å². The fraction of sp³-hybridized carbons (Fsp3) is 0.273. The third-order valence-corrected chi connectivity index (χ3v) is 5.67. The molecule has 0 fully saturated rings. The van der Waals surface area contributed by atoms with Crippen LogP contribution in [-0.4, -0.2) is 48.4 Å². The van der Waals surface area contributed by atoms with Gasteiger partial charge in [-0.1, -0.05) is 40.2 Å². The van der Waals surface area contributed by atoms with Crippen LogP contribution in [0.1, 0.15) is 34.1 Å². The molecule has 1 N–H and O–H groups in total. The van der Waals surface area contributed by atoms with Crippen LogP contribution in [0.3, 0.4) is 0 Å². The van der Waals surface area contributed by atoms with Gasteiger partial charge in [0.15, 0.2) is 0 Å². The molecule has 0 saturated heterocycles. The van der Waals surface area contributed by atoms with Gasteiger partial charge < -0.3 is 14.4 Å². The first-order valence-electron chi connectivity index (χ1n) is 9.42. The molecular weight excluding hydrogens is 434 g/mol. The molecule has 1 aliphatic heterocycles. The normalized spacial score (nSPS) is 15.6. The fourth-order valence-electron chi connectivity index (χ4n) is 3.79. The van der Waals surface area contributed by atoms with E-state index in [1.165, 1.54) is 0 Å². The van der Waals surface area contributed by atoms with Crippen LogP contribution < -0.4 is 4.74 Å². The van der Waals surface area contributed by atoms with Crippen molar-refractivity contribution < 1.29 is 14.3 Å². The van der Waals surface area contributed by atoms with Crippen molar-refractivity contribution in [1.29, 1.82) is 0 Å². The molecule has 3 aromatic rings. The van der Waals surface area contributed by atoms with Gasteiger partial charge in [-0.2, -0.15) is 5.10 Å². The Balaban J connectivity index is 1.81. The van der Waals surface area contributed by atoms with Gasteiger partial charge in [0.1, 0.15) is 11.4 Å². The van der Waals surface area contributed by atoms with Crippen molar-refractivity contribution in [3.63, 3.8) is 0 Å². The van der Waals surface area contributed by atoms with Crippen LogP contribution in [0.2, 0.25) is 0 Å². The lowest BCUT2D eigenvalue weighted by Crippen LogP contribution is -2.31. The summed E-state index contributed by atoms with van der Waals surface area (Å²) in [6, 6.07) is 15.6. The first-order chi connectivity index (χ1) is 14.1. The van der Waals surface area contributed by atoms with E-state index in [0.717, 1.165) is 39.0 Å². The van der Waals surface area contributed by atoms with Gasteiger partial charge in [-0.15, -0.1) is 0 Å². The molecule has 150 valence electrons. The smallest absolute Gasteiger partial charge is 0.273 e. The van der Waals surface area contributed by atoms with E-state index >= 15 is 0 Å². The van der Waals surface area contributed by atoms with E-state index in [4.69, 9.17) is 9.47 Å². The van der Waals surface area contributed by atoms with Gasteiger partial charge >= 0.3 is 0 Å². The molecule has 0 aliphatic carbocycles. The molecule has 0 saturated carbocycles.